The lowest BCUT2D eigenvalue weighted by Gasteiger charge is -2.12. The molecule has 0 amide bonds. The van der Waals surface area contributed by atoms with Crippen molar-refractivity contribution in [1.82, 2.24) is 29.4 Å². The van der Waals surface area contributed by atoms with Crippen molar-refractivity contribution in [2.75, 3.05) is 11.6 Å². The molecule has 0 aliphatic heterocycles. The molecule has 1 N–H and O–H groups in total. The average molecular weight is 414 g/mol. The SMILES string of the molecule is CSc1nc(NCc2ccccc2-n2cc(Cl)cn2)n2ncc(C(C)C)c2n1. The highest BCUT2D eigenvalue weighted by Crippen LogP contribution is 2.24. The molecule has 3 heterocycles. The van der Waals surface area contributed by atoms with Crippen molar-refractivity contribution in [3.8, 4) is 5.69 Å². The second-order valence-corrected chi connectivity index (χ2v) is 7.82. The predicted octanol–water partition coefficient (Wildman–Crippen LogP) is 4.42. The van der Waals surface area contributed by atoms with Gasteiger partial charge in [-0.3, -0.25) is 0 Å². The van der Waals surface area contributed by atoms with Crippen LogP contribution in [-0.2, 0) is 6.54 Å². The molecule has 7 nitrogen and oxygen atoms in total. The van der Waals surface area contributed by atoms with Crippen LogP contribution in [0.5, 0.6) is 0 Å². The van der Waals surface area contributed by atoms with Gasteiger partial charge >= 0.3 is 0 Å². The van der Waals surface area contributed by atoms with Crippen molar-refractivity contribution in [1.29, 1.82) is 0 Å². The Bertz CT molecular complexity index is 1120. The molecule has 0 atom stereocenters. The summed E-state index contributed by atoms with van der Waals surface area (Å²) in [7, 11) is 0. The van der Waals surface area contributed by atoms with Crippen LogP contribution in [0.15, 0.2) is 48.0 Å². The maximum atomic E-state index is 6.03. The summed E-state index contributed by atoms with van der Waals surface area (Å²) in [6.45, 7) is 4.83. The number of fused-ring (bicyclic) bond motifs is 1. The summed E-state index contributed by atoms with van der Waals surface area (Å²) < 4.78 is 3.54. The number of halogens is 1. The van der Waals surface area contributed by atoms with Crippen LogP contribution in [0.3, 0.4) is 0 Å². The number of para-hydroxylation sites is 1. The first-order valence-corrected chi connectivity index (χ1v) is 10.5. The molecule has 1 aromatic carbocycles. The van der Waals surface area contributed by atoms with Crippen molar-refractivity contribution >= 4 is 35.0 Å². The molecular formula is C19H20ClN7S. The molecule has 4 aromatic rings. The van der Waals surface area contributed by atoms with E-state index < -0.39 is 0 Å². The number of thioether (sulfide) groups is 1. The van der Waals surface area contributed by atoms with Gasteiger partial charge in [0.25, 0.3) is 0 Å². The fraction of sp³-hybridized carbons (Fsp3) is 0.263. The van der Waals surface area contributed by atoms with Gasteiger partial charge in [0.05, 0.1) is 23.1 Å². The lowest BCUT2D eigenvalue weighted by Crippen LogP contribution is -2.11. The van der Waals surface area contributed by atoms with E-state index in [2.05, 4.69) is 45.4 Å². The van der Waals surface area contributed by atoms with E-state index in [0.29, 0.717) is 28.6 Å². The summed E-state index contributed by atoms with van der Waals surface area (Å²) in [6, 6.07) is 8.03. The van der Waals surface area contributed by atoms with Gasteiger partial charge in [0.1, 0.15) is 0 Å². The van der Waals surface area contributed by atoms with Crippen molar-refractivity contribution in [2.45, 2.75) is 31.5 Å². The van der Waals surface area contributed by atoms with Crippen LogP contribution in [0.4, 0.5) is 5.95 Å². The lowest BCUT2D eigenvalue weighted by molar-refractivity contribution is 0.818. The third-order valence-electron chi connectivity index (χ3n) is 4.41. The summed E-state index contributed by atoms with van der Waals surface area (Å²) in [5.74, 6) is 0.995. The molecule has 0 aliphatic carbocycles. The highest BCUT2D eigenvalue weighted by molar-refractivity contribution is 7.98. The Morgan fingerprint density at radius 1 is 1.14 bits per heavy atom. The number of nitrogens with zero attached hydrogens (tertiary/aromatic N) is 6. The van der Waals surface area contributed by atoms with Crippen LogP contribution in [0.1, 0.15) is 30.9 Å². The van der Waals surface area contributed by atoms with E-state index in [1.807, 2.05) is 30.7 Å². The molecular weight excluding hydrogens is 394 g/mol. The maximum absolute atomic E-state index is 6.03. The number of hydrogen-bond acceptors (Lipinski definition) is 6. The number of benzene rings is 1. The van der Waals surface area contributed by atoms with Crippen LogP contribution in [0, 0.1) is 0 Å². The van der Waals surface area contributed by atoms with Crippen LogP contribution < -0.4 is 5.32 Å². The summed E-state index contributed by atoms with van der Waals surface area (Å²) in [5.41, 5.74) is 3.97. The van der Waals surface area contributed by atoms with Crippen molar-refractivity contribution in [3.05, 3.63) is 59.0 Å². The van der Waals surface area contributed by atoms with Crippen LogP contribution in [-0.4, -0.2) is 35.6 Å². The lowest BCUT2D eigenvalue weighted by atomic mass is 10.1. The molecule has 0 saturated heterocycles. The molecule has 0 spiro atoms. The van der Waals surface area contributed by atoms with E-state index in [4.69, 9.17) is 11.6 Å². The quantitative estimate of drug-likeness (QED) is 0.471. The zero-order valence-corrected chi connectivity index (χ0v) is 17.4. The minimum Gasteiger partial charge on any atom is -0.350 e. The highest BCUT2D eigenvalue weighted by Gasteiger charge is 2.15. The van der Waals surface area contributed by atoms with Gasteiger partial charge in [-0.1, -0.05) is 55.4 Å². The fourth-order valence-electron chi connectivity index (χ4n) is 2.98. The normalized spacial score (nSPS) is 11.5. The van der Waals surface area contributed by atoms with E-state index in [0.717, 1.165) is 22.5 Å². The van der Waals surface area contributed by atoms with Crippen molar-refractivity contribution in [2.24, 2.45) is 0 Å². The van der Waals surface area contributed by atoms with Crippen molar-refractivity contribution < 1.29 is 0 Å². The Balaban J connectivity index is 1.69. The van der Waals surface area contributed by atoms with E-state index in [1.165, 1.54) is 11.8 Å². The molecule has 0 aliphatic rings. The fourth-order valence-corrected chi connectivity index (χ4v) is 3.47. The highest BCUT2D eigenvalue weighted by atomic mass is 35.5. The second-order valence-electron chi connectivity index (χ2n) is 6.61. The predicted molar refractivity (Wildman–Crippen MR) is 113 cm³/mol. The monoisotopic (exact) mass is 413 g/mol. The topological polar surface area (TPSA) is 72.9 Å². The summed E-state index contributed by atoms with van der Waals surface area (Å²) in [4.78, 5) is 9.25. The molecule has 0 unspecified atom stereocenters. The third kappa shape index (κ3) is 3.57. The Morgan fingerprint density at radius 3 is 2.68 bits per heavy atom. The van der Waals surface area contributed by atoms with Gasteiger partial charge in [-0.25, -0.2) is 9.67 Å². The van der Waals surface area contributed by atoms with Gasteiger partial charge in [-0.15, -0.1) is 0 Å². The molecule has 0 saturated carbocycles. The summed E-state index contributed by atoms with van der Waals surface area (Å²) in [5, 5.41) is 13.5. The Kier molecular flexibility index (Phi) is 5.23. The van der Waals surface area contributed by atoms with Crippen LogP contribution in [0.25, 0.3) is 11.3 Å². The van der Waals surface area contributed by atoms with Crippen molar-refractivity contribution in [3.63, 3.8) is 0 Å². The largest absolute Gasteiger partial charge is 0.350 e. The Morgan fingerprint density at radius 2 is 1.96 bits per heavy atom. The van der Waals surface area contributed by atoms with Crippen LogP contribution >= 0.6 is 23.4 Å². The molecule has 144 valence electrons. The van der Waals surface area contributed by atoms with E-state index in [1.54, 1.807) is 21.6 Å². The Labute approximate surface area is 172 Å². The van der Waals surface area contributed by atoms with Gasteiger partial charge in [-0.2, -0.15) is 19.7 Å². The number of anilines is 1. The van der Waals surface area contributed by atoms with Gasteiger partial charge < -0.3 is 5.32 Å². The van der Waals surface area contributed by atoms with Gasteiger partial charge in [-0.05, 0) is 23.8 Å². The Hall–Kier alpha value is -2.58. The molecule has 3 aromatic heterocycles. The molecule has 28 heavy (non-hydrogen) atoms. The molecule has 0 fully saturated rings. The minimum absolute atomic E-state index is 0.334. The van der Waals surface area contributed by atoms with E-state index in [-0.39, 0.29) is 0 Å². The average Bonchev–Trinajstić information content (AvgIpc) is 3.32. The van der Waals surface area contributed by atoms with Gasteiger partial charge in [0.15, 0.2) is 10.8 Å². The van der Waals surface area contributed by atoms with E-state index in [9.17, 15) is 0 Å². The standard InChI is InChI=1S/C19H20ClN7S/c1-12(2)15-10-23-27-17(15)24-19(28-3)25-18(27)21-8-13-6-4-5-7-16(13)26-11-14(20)9-22-26/h4-7,9-12H,8H2,1-3H3,(H,21,24,25). The zero-order chi connectivity index (χ0) is 19.7. The number of nitrogens with one attached hydrogen (secondary N) is 1. The molecule has 0 bridgehead atoms. The zero-order valence-electron chi connectivity index (χ0n) is 15.8. The minimum atomic E-state index is 0.334. The number of hydrogen-bond donors (Lipinski definition) is 1. The number of aromatic nitrogens is 6. The maximum Gasteiger partial charge on any atom is 0.228 e. The second kappa shape index (κ2) is 7.81. The molecule has 4 rings (SSSR count). The third-order valence-corrected chi connectivity index (χ3v) is 5.15. The first-order chi connectivity index (χ1) is 13.6. The van der Waals surface area contributed by atoms with Gasteiger partial charge in [0, 0.05) is 18.3 Å². The first-order valence-electron chi connectivity index (χ1n) is 8.89. The molecule has 9 heteroatoms. The molecule has 0 radical (unpaired) electrons. The van der Waals surface area contributed by atoms with Crippen LogP contribution in [0.2, 0.25) is 5.02 Å². The van der Waals surface area contributed by atoms with Gasteiger partial charge in [0.2, 0.25) is 5.95 Å². The summed E-state index contributed by atoms with van der Waals surface area (Å²) >= 11 is 7.55. The first kappa shape index (κ1) is 18.8. The smallest absolute Gasteiger partial charge is 0.228 e. The number of rotatable bonds is 6. The van der Waals surface area contributed by atoms with E-state index >= 15 is 0 Å². The summed E-state index contributed by atoms with van der Waals surface area (Å²) in [6.07, 6.45) is 7.25.